The van der Waals surface area contributed by atoms with Crippen LogP contribution in [0.15, 0.2) is 23.1 Å². The van der Waals surface area contributed by atoms with E-state index in [9.17, 15) is 0 Å². The van der Waals surface area contributed by atoms with Gasteiger partial charge in [-0.3, -0.25) is 0 Å². The molecule has 1 aromatic carbocycles. The van der Waals surface area contributed by atoms with Crippen LogP contribution in [-0.2, 0) is 9.47 Å². The third-order valence-corrected chi connectivity index (χ3v) is 4.44. The topological polar surface area (TPSA) is 30.5 Å². The zero-order chi connectivity index (χ0) is 13.5. The number of thioether (sulfide) groups is 1. The maximum Gasteiger partial charge on any atom is 0.0700 e. The summed E-state index contributed by atoms with van der Waals surface area (Å²) in [6.07, 6.45) is 1.14. The maximum atomic E-state index is 6.08. The number of ether oxygens (including phenoxy) is 2. The summed E-state index contributed by atoms with van der Waals surface area (Å²) in [5.41, 5.74) is 1.32. The van der Waals surface area contributed by atoms with E-state index in [-0.39, 0.29) is 0 Å². The molecule has 0 bridgehead atoms. The van der Waals surface area contributed by atoms with Gasteiger partial charge in [0.2, 0.25) is 0 Å². The fourth-order valence-electron chi connectivity index (χ4n) is 2.13. The fourth-order valence-corrected chi connectivity index (χ4v) is 3.41. The Morgan fingerprint density at radius 2 is 2.26 bits per heavy atom. The summed E-state index contributed by atoms with van der Waals surface area (Å²) in [7, 11) is 1.68. The Labute approximate surface area is 124 Å². The van der Waals surface area contributed by atoms with Crippen LogP contribution in [0.3, 0.4) is 0 Å². The third kappa shape index (κ3) is 4.65. The number of hydrogen-bond acceptors (Lipinski definition) is 4. The number of nitrogens with one attached hydrogen (secondary N) is 1. The first kappa shape index (κ1) is 15.1. The van der Waals surface area contributed by atoms with Crippen LogP contribution < -0.4 is 5.32 Å². The lowest BCUT2D eigenvalue weighted by Crippen LogP contribution is -2.28. The van der Waals surface area contributed by atoms with Crippen molar-refractivity contribution in [3.63, 3.8) is 0 Å². The maximum absolute atomic E-state index is 6.08. The Kier molecular flexibility index (Phi) is 6.47. The van der Waals surface area contributed by atoms with Gasteiger partial charge in [-0.25, -0.2) is 0 Å². The van der Waals surface area contributed by atoms with Crippen LogP contribution in [0, 0.1) is 0 Å². The van der Waals surface area contributed by atoms with Crippen molar-refractivity contribution >= 4 is 23.4 Å². The molecule has 3 nitrogen and oxygen atoms in total. The molecular formula is C14H20ClNO2S. The highest BCUT2D eigenvalue weighted by Crippen LogP contribution is 2.37. The van der Waals surface area contributed by atoms with E-state index in [2.05, 4.69) is 17.4 Å². The zero-order valence-electron chi connectivity index (χ0n) is 11.2. The first-order valence-corrected chi connectivity index (χ1v) is 7.90. The molecule has 1 heterocycles. The third-order valence-electron chi connectivity index (χ3n) is 3.08. The summed E-state index contributed by atoms with van der Waals surface area (Å²) >= 11 is 7.99. The summed E-state index contributed by atoms with van der Waals surface area (Å²) in [4.78, 5) is 1.34. The van der Waals surface area contributed by atoms with Crippen LogP contribution in [-0.4, -0.2) is 39.2 Å². The molecule has 1 aromatic rings. The van der Waals surface area contributed by atoms with Gasteiger partial charge in [0.15, 0.2) is 0 Å². The monoisotopic (exact) mass is 301 g/mol. The molecule has 1 atom stereocenters. The Morgan fingerprint density at radius 3 is 3.11 bits per heavy atom. The molecule has 5 heteroatoms. The average Bonchev–Trinajstić information content (AvgIpc) is 2.43. The molecule has 1 N–H and O–H groups in total. The number of halogens is 1. The molecule has 2 rings (SSSR count). The van der Waals surface area contributed by atoms with Gasteiger partial charge in [0.1, 0.15) is 0 Å². The van der Waals surface area contributed by atoms with Gasteiger partial charge >= 0.3 is 0 Å². The van der Waals surface area contributed by atoms with Gasteiger partial charge < -0.3 is 14.8 Å². The molecule has 1 aliphatic heterocycles. The van der Waals surface area contributed by atoms with Crippen molar-refractivity contribution < 1.29 is 9.47 Å². The zero-order valence-corrected chi connectivity index (χ0v) is 12.7. The van der Waals surface area contributed by atoms with E-state index in [0.717, 1.165) is 23.7 Å². The average molecular weight is 302 g/mol. The van der Waals surface area contributed by atoms with Crippen molar-refractivity contribution in [2.75, 3.05) is 39.2 Å². The molecule has 106 valence electrons. The first-order valence-electron chi connectivity index (χ1n) is 6.53. The van der Waals surface area contributed by atoms with E-state index in [1.54, 1.807) is 7.11 Å². The molecule has 0 radical (unpaired) electrons. The summed E-state index contributed by atoms with van der Waals surface area (Å²) in [6.45, 7) is 2.87. The van der Waals surface area contributed by atoms with Gasteiger partial charge in [0.05, 0.1) is 19.8 Å². The summed E-state index contributed by atoms with van der Waals surface area (Å²) in [5.74, 6) is 1.15. The van der Waals surface area contributed by atoms with Crippen LogP contribution >= 0.6 is 23.4 Å². The molecule has 0 spiro atoms. The van der Waals surface area contributed by atoms with Gasteiger partial charge in [0.25, 0.3) is 0 Å². The minimum atomic E-state index is 0.390. The molecule has 1 aliphatic rings. The first-order chi connectivity index (χ1) is 9.31. The highest BCUT2D eigenvalue weighted by molar-refractivity contribution is 7.99. The van der Waals surface area contributed by atoms with Gasteiger partial charge in [-0.15, -0.1) is 11.8 Å². The second kappa shape index (κ2) is 8.12. The predicted octanol–water partition coefficient (Wildman–Crippen LogP) is 3.13. The molecule has 1 unspecified atom stereocenters. The van der Waals surface area contributed by atoms with Crippen molar-refractivity contribution in [3.8, 4) is 0 Å². The van der Waals surface area contributed by atoms with E-state index < -0.39 is 0 Å². The van der Waals surface area contributed by atoms with E-state index in [1.807, 2.05) is 17.8 Å². The van der Waals surface area contributed by atoms with Crippen LogP contribution in [0.5, 0.6) is 0 Å². The Bertz CT molecular complexity index is 403. The van der Waals surface area contributed by atoms with Crippen LogP contribution in [0.1, 0.15) is 18.0 Å². The van der Waals surface area contributed by atoms with Crippen molar-refractivity contribution in [1.82, 2.24) is 5.32 Å². The van der Waals surface area contributed by atoms with Crippen LogP contribution in [0.2, 0.25) is 5.02 Å². The van der Waals surface area contributed by atoms with Crippen molar-refractivity contribution in [2.24, 2.45) is 0 Å². The van der Waals surface area contributed by atoms with E-state index >= 15 is 0 Å². The Balaban J connectivity index is 1.80. The standard InChI is InChI=1S/C14H20ClNO2S/c1-17-7-8-18-6-5-16-13-4-9-19-14-3-2-11(15)10-12(13)14/h2-3,10,13,16H,4-9H2,1H3. The predicted molar refractivity (Wildman–Crippen MR) is 80.2 cm³/mol. The van der Waals surface area contributed by atoms with Crippen molar-refractivity contribution in [3.05, 3.63) is 28.8 Å². The van der Waals surface area contributed by atoms with E-state index in [1.165, 1.54) is 10.5 Å². The van der Waals surface area contributed by atoms with Gasteiger partial charge in [0, 0.05) is 29.6 Å². The molecule has 0 saturated heterocycles. The quantitative estimate of drug-likeness (QED) is 0.784. The molecular weight excluding hydrogens is 282 g/mol. The number of methoxy groups -OCH3 is 1. The Hall–Kier alpha value is -0.260. The molecule has 0 amide bonds. The molecule has 19 heavy (non-hydrogen) atoms. The Morgan fingerprint density at radius 1 is 1.37 bits per heavy atom. The minimum Gasteiger partial charge on any atom is -0.382 e. The fraction of sp³-hybridized carbons (Fsp3) is 0.571. The lowest BCUT2D eigenvalue weighted by atomic mass is 10.0. The number of benzene rings is 1. The highest BCUT2D eigenvalue weighted by Gasteiger charge is 2.20. The van der Waals surface area contributed by atoms with E-state index in [0.29, 0.717) is 25.9 Å². The molecule has 0 fully saturated rings. The lowest BCUT2D eigenvalue weighted by Gasteiger charge is -2.26. The molecule has 0 aromatic heterocycles. The SMILES string of the molecule is COCCOCCNC1CCSc2ccc(Cl)cc21. The summed E-state index contributed by atoms with van der Waals surface area (Å²) in [6, 6.07) is 6.54. The van der Waals surface area contributed by atoms with Crippen molar-refractivity contribution in [2.45, 2.75) is 17.4 Å². The smallest absolute Gasteiger partial charge is 0.0700 e. The van der Waals surface area contributed by atoms with Crippen LogP contribution in [0.25, 0.3) is 0 Å². The second-order valence-corrected chi connectivity index (χ2v) is 6.00. The molecule has 0 saturated carbocycles. The van der Waals surface area contributed by atoms with E-state index in [4.69, 9.17) is 21.1 Å². The summed E-state index contributed by atoms with van der Waals surface area (Å²) in [5, 5.41) is 4.35. The number of fused-ring (bicyclic) bond motifs is 1. The van der Waals surface area contributed by atoms with Crippen molar-refractivity contribution in [1.29, 1.82) is 0 Å². The van der Waals surface area contributed by atoms with Crippen LogP contribution in [0.4, 0.5) is 0 Å². The lowest BCUT2D eigenvalue weighted by molar-refractivity contribution is 0.0709. The number of rotatable bonds is 7. The highest BCUT2D eigenvalue weighted by atomic mass is 35.5. The van der Waals surface area contributed by atoms with Gasteiger partial charge in [-0.2, -0.15) is 0 Å². The largest absolute Gasteiger partial charge is 0.382 e. The second-order valence-electron chi connectivity index (χ2n) is 4.43. The van der Waals surface area contributed by atoms with Gasteiger partial charge in [-0.05, 0) is 35.9 Å². The summed E-state index contributed by atoms with van der Waals surface area (Å²) < 4.78 is 10.4. The normalized spacial score (nSPS) is 18.3. The minimum absolute atomic E-state index is 0.390. The van der Waals surface area contributed by atoms with Gasteiger partial charge in [-0.1, -0.05) is 11.6 Å². The molecule has 0 aliphatic carbocycles. The number of hydrogen-bond donors (Lipinski definition) is 1.